The molecular weight excluding hydrogens is 346 g/mol. The Bertz CT molecular complexity index is 593. The molecule has 1 aliphatic rings. The number of methoxy groups -OCH3 is 1. The molecule has 2 rings (SSSR count). The van der Waals surface area contributed by atoms with Crippen molar-refractivity contribution in [3.63, 3.8) is 0 Å². The van der Waals surface area contributed by atoms with Crippen LogP contribution in [0.1, 0.15) is 26.3 Å². The predicted molar refractivity (Wildman–Crippen MR) is 90.3 cm³/mol. The minimum absolute atomic E-state index is 0.0937. The van der Waals surface area contributed by atoms with E-state index in [0.29, 0.717) is 5.57 Å². The molecule has 1 fully saturated rings. The maximum absolute atomic E-state index is 12.3. The van der Waals surface area contributed by atoms with Gasteiger partial charge in [-0.25, -0.2) is 4.79 Å². The summed E-state index contributed by atoms with van der Waals surface area (Å²) in [6.45, 7) is 7.66. The molecule has 1 aromatic rings. The van der Waals surface area contributed by atoms with Gasteiger partial charge in [0.1, 0.15) is 0 Å². The van der Waals surface area contributed by atoms with E-state index < -0.39 is 0 Å². The van der Waals surface area contributed by atoms with Gasteiger partial charge in [0.2, 0.25) is 0 Å². The van der Waals surface area contributed by atoms with E-state index in [4.69, 9.17) is 9.47 Å². The third kappa shape index (κ3) is 3.36. The highest BCUT2D eigenvalue weighted by atomic mass is 79.9. The van der Waals surface area contributed by atoms with E-state index in [2.05, 4.69) is 35.1 Å². The van der Waals surface area contributed by atoms with Gasteiger partial charge < -0.3 is 14.8 Å². The highest BCUT2D eigenvalue weighted by Crippen LogP contribution is 2.32. The van der Waals surface area contributed by atoms with E-state index in [1.807, 2.05) is 31.2 Å². The van der Waals surface area contributed by atoms with Crippen molar-refractivity contribution in [2.75, 3.05) is 20.3 Å². The highest BCUT2D eigenvalue weighted by Gasteiger charge is 2.39. The van der Waals surface area contributed by atoms with Crippen LogP contribution in [0.5, 0.6) is 0 Å². The SMILES string of the molecule is COC(=O)C(=C(C)NC(C)C1(C)COC1)c1ccccc1Br. The third-order valence-corrected chi connectivity index (χ3v) is 4.94. The lowest BCUT2D eigenvalue weighted by molar-refractivity contribution is -0.133. The Labute approximate surface area is 140 Å². The summed E-state index contributed by atoms with van der Waals surface area (Å²) in [6.07, 6.45) is 0. The fraction of sp³-hybridized carbons (Fsp3) is 0.471. The van der Waals surface area contributed by atoms with Crippen LogP contribution in [0, 0.1) is 5.41 Å². The summed E-state index contributed by atoms with van der Waals surface area (Å²) in [5.41, 5.74) is 2.27. The van der Waals surface area contributed by atoms with E-state index in [0.717, 1.165) is 28.9 Å². The standard InChI is InChI=1S/C17H22BrNO3/c1-11(19-12(2)17(3)9-22-10-17)15(16(20)21-4)13-7-5-6-8-14(13)18/h5-8,12,19H,9-10H2,1-4H3. The summed E-state index contributed by atoms with van der Waals surface area (Å²) in [5, 5.41) is 3.44. The molecule has 1 atom stereocenters. The van der Waals surface area contributed by atoms with Crippen LogP contribution in [0.3, 0.4) is 0 Å². The number of ether oxygens (including phenoxy) is 2. The van der Waals surface area contributed by atoms with Crippen molar-refractivity contribution in [3.8, 4) is 0 Å². The van der Waals surface area contributed by atoms with Crippen LogP contribution in [0.25, 0.3) is 5.57 Å². The lowest BCUT2D eigenvalue weighted by Crippen LogP contribution is -2.53. The Kier molecular flexibility index (Phi) is 5.29. The zero-order chi connectivity index (χ0) is 16.3. The number of benzene rings is 1. The molecule has 0 saturated carbocycles. The molecule has 4 nitrogen and oxygen atoms in total. The van der Waals surface area contributed by atoms with Crippen molar-refractivity contribution < 1.29 is 14.3 Å². The molecule has 1 saturated heterocycles. The molecule has 1 aliphatic heterocycles. The number of carbonyl (C=O) groups excluding carboxylic acids is 1. The van der Waals surface area contributed by atoms with Crippen LogP contribution in [0.15, 0.2) is 34.4 Å². The second kappa shape index (κ2) is 6.84. The van der Waals surface area contributed by atoms with Crippen molar-refractivity contribution in [3.05, 3.63) is 40.0 Å². The van der Waals surface area contributed by atoms with E-state index in [1.54, 1.807) is 0 Å². The summed E-state index contributed by atoms with van der Waals surface area (Å²) in [7, 11) is 1.40. The molecule has 0 amide bonds. The molecule has 1 unspecified atom stereocenters. The number of hydrogen-bond acceptors (Lipinski definition) is 4. The van der Waals surface area contributed by atoms with Gasteiger partial charge in [-0.3, -0.25) is 0 Å². The molecule has 22 heavy (non-hydrogen) atoms. The average Bonchev–Trinajstić information content (AvgIpc) is 2.46. The summed E-state index contributed by atoms with van der Waals surface area (Å²) >= 11 is 3.50. The topological polar surface area (TPSA) is 47.6 Å². The lowest BCUT2D eigenvalue weighted by Gasteiger charge is -2.43. The van der Waals surface area contributed by atoms with Crippen molar-refractivity contribution >= 4 is 27.5 Å². The first kappa shape index (κ1) is 17.0. The van der Waals surface area contributed by atoms with Gasteiger partial charge >= 0.3 is 5.97 Å². The van der Waals surface area contributed by atoms with Crippen molar-refractivity contribution in [1.82, 2.24) is 5.32 Å². The van der Waals surface area contributed by atoms with Gasteiger partial charge in [-0.15, -0.1) is 0 Å². The number of allylic oxidation sites excluding steroid dienone is 1. The molecule has 0 bridgehead atoms. The molecular formula is C17H22BrNO3. The Morgan fingerprint density at radius 2 is 2.05 bits per heavy atom. The van der Waals surface area contributed by atoms with Crippen molar-refractivity contribution in [2.45, 2.75) is 26.8 Å². The lowest BCUT2D eigenvalue weighted by atomic mass is 9.81. The smallest absolute Gasteiger partial charge is 0.340 e. The van der Waals surface area contributed by atoms with E-state index in [-0.39, 0.29) is 17.4 Å². The molecule has 1 N–H and O–H groups in total. The van der Waals surface area contributed by atoms with E-state index in [1.165, 1.54) is 7.11 Å². The van der Waals surface area contributed by atoms with Gasteiger partial charge in [0.25, 0.3) is 0 Å². The molecule has 5 heteroatoms. The second-order valence-corrected chi connectivity index (χ2v) is 6.84. The number of nitrogens with one attached hydrogen (secondary N) is 1. The number of hydrogen-bond donors (Lipinski definition) is 1. The Hall–Kier alpha value is -1.33. The molecule has 0 spiro atoms. The molecule has 1 aromatic carbocycles. The number of rotatable bonds is 5. The van der Waals surface area contributed by atoms with Crippen LogP contribution in [0.4, 0.5) is 0 Å². The van der Waals surface area contributed by atoms with Crippen LogP contribution >= 0.6 is 15.9 Å². The van der Waals surface area contributed by atoms with Crippen LogP contribution in [0.2, 0.25) is 0 Å². The minimum atomic E-state index is -0.348. The minimum Gasteiger partial charge on any atom is -0.465 e. The van der Waals surface area contributed by atoms with Gasteiger partial charge in [0, 0.05) is 27.2 Å². The van der Waals surface area contributed by atoms with Gasteiger partial charge in [0.05, 0.1) is 25.9 Å². The Morgan fingerprint density at radius 1 is 1.41 bits per heavy atom. The van der Waals surface area contributed by atoms with Crippen LogP contribution in [-0.4, -0.2) is 32.3 Å². The fourth-order valence-electron chi connectivity index (χ4n) is 2.48. The zero-order valence-corrected chi connectivity index (χ0v) is 15.0. The fourth-order valence-corrected chi connectivity index (χ4v) is 2.96. The summed E-state index contributed by atoms with van der Waals surface area (Å²) in [4.78, 5) is 12.3. The van der Waals surface area contributed by atoms with E-state index in [9.17, 15) is 4.79 Å². The van der Waals surface area contributed by atoms with Gasteiger partial charge in [-0.05, 0) is 19.9 Å². The van der Waals surface area contributed by atoms with Crippen molar-refractivity contribution in [1.29, 1.82) is 0 Å². The molecule has 0 aliphatic carbocycles. The largest absolute Gasteiger partial charge is 0.465 e. The van der Waals surface area contributed by atoms with Crippen LogP contribution < -0.4 is 5.32 Å². The summed E-state index contributed by atoms with van der Waals surface area (Å²) in [5.74, 6) is -0.348. The maximum atomic E-state index is 12.3. The number of carbonyl (C=O) groups is 1. The Balaban J connectivity index is 2.35. The highest BCUT2D eigenvalue weighted by molar-refractivity contribution is 9.10. The summed E-state index contributed by atoms with van der Waals surface area (Å²) in [6, 6.07) is 7.83. The van der Waals surface area contributed by atoms with Crippen LogP contribution in [-0.2, 0) is 14.3 Å². The first-order valence-corrected chi connectivity index (χ1v) is 8.06. The first-order valence-electron chi connectivity index (χ1n) is 7.27. The molecule has 0 aromatic heterocycles. The average molecular weight is 368 g/mol. The molecule has 1 heterocycles. The zero-order valence-electron chi connectivity index (χ0n) is 13.4. The van der Waals surface area contributed by atoms with Crippen molar-refractivity contribution in [2.24, 2.45) is 5.41 Å². The normalized spacial score (nSPS) is 18.8. The number of halogens is 1. The third-order valence-electron chi connectivity index (χ3n) is 4.25. The van der Waals surface area contributed by atoms with Gasteiger partial charge in [0.15, 0.2) is 0 Å². The molecule has 0 radical (unpaired) electrons. The van der Waals surface area contributed by atoms with Gasteiger partial charge in [-0.1, -0.05) is 41.1 Å². The monoisotopic (exact) mass is 367 g/mol. The predicted octanol–water partition coefficient (Wildman–Crippen LogP) is 3.37. The Morgan fingerprint density at radius 3 is 2.55 bits per heavy atom. The maximum Gasteiger partial charge on any atom is 0.340 e. The quantitative estimate of drug-likeness (QED) is 0.640. The molecule has 120 valence electrons. The number of esters is 1. The van der Waals surface area contributed by atoms with Gasteiger partial charge in [-0.2, -0.15) is 0 Å². The second-order valence-electron chi connectivity index (χ2n) is 5.98. The van der Waals surface area contributed by atoms with E-state index >= 15 is 0 Å². The first-order chi connectivity index (χ1) is 10.4. The summed E-state index contributed by atoms with van der Waals surface area (Å²) < 4.78 is 11.1.